The third kappa shape index (κ3) is 1.68. The van der Waals surface area contributed by atoms with Gasteiger partial charge in [0.25, 0.3) is 0 Å². The van der Waals surface area contributed by atoms with Crippen LogP contribution in [0.5, 0.6) is 0 Å². The average Bonchev–Trinajstić information content (AvgIpc) is 1.88. The zero-order valence-corrected chi connectivity index (χ0v) is 5.87. The highest BCUT2D eigenvalue weighted by molar-refractivity contribution is 5.78. The number of carbonyl (C=O) groups is 1. The first-order chi connectivity index (χ1) is 4.70. The molecule has 0 aromatic heterocycles. The van der Waals surface area contributed by atoms with E-state index < -0.39 is 12.0 Å². The molecule has 2 atom stereocenters. The first-order valence-corrected chi connectivity index (χ1v) is 3.26. The summed E-state index contributed by atoms with van der Waals surface area (Å²) in [7, 11) is 0. The number of hydrogen-bond donors (Lipinski definition) is 1. The lowest BCUT2D eigenvalue weighted by Crippen LogP contribution is -2.39. The molecule has 1 aliphatic rings. The predicted molar refractivity (Wildman–Crippen MR) is 34.1 cm³/mol. The fraction of sp³-hybridized carbons (Fsp3) is 0.833. The number of amides is 1. The molecule has 0 aliphatic carbocycles. The lowest BCUT2D eigenvalue weighted by atomic mass is 10.2. The number of hydrogen-bond acceptors (Lipinski definition) is 3. The number of primary amides is 1. The summed E-state index contributed by atoms with van der Waals surface area (Å²) >= 11 is 0. The van der Waals surface area contributed by atoms with Gasteiger partial charge in [-0.3, -0.25) is 4.79 Å². The molecule has 0 aromatic rings. The van der Waals surface area contributed by atoms with Crippen LogP contribution < -0.4 is 5.73 Å². The molecule has 1 heterocycles. The molecule has 0 spiro atoms. The largest absolute Gasteiger partial charge is 0.367 e. The molecule has 1 rings (SSSR count). The van der Waals surface area contributed by atoms with Gasteiger partial charge < -0.3 is 15.2 Å². The van der Waals surface area contributed by atoms with Crippen LogP contribution in [-0.2, 0) is 14.3 Å². The van der Waals surface area contributed by atoms with E-state index in [-0.39, 0.29) is 6.29 Å². The Kier molecular flexibility index (Phi) is 2.24. The number of rotatable bonds is 1. The van der Waals surface area contributed by atoms with Crippen molar-refractivity contribution in [1.82, 2.24) is 0 Å². The summed E-state index contributed by atoms with van der Waals surface area (Å²) in [6, 6.07) is 0. The molecule has 0 aromatic carbocycles. The Labute approximate surface area is 59.3 Å². The van der Waals surface area contributed by atoms with Crippen molar-refractivity contribution in [3.63, 3.8) is 0 Å². The molecule has 0 saturated carbocycles. The van der Waals surface area contributed by atoms with E-state index in [0.717, 1.165) is 0 Å². The van der Waals surface area contributed by atoms with Crippen molar-refractivity contribution in [3.8, 4) is 0 Å². The highest BCUT2D eigenvalue weighted by Gasteiger charge is 2.23. The Balaban J connectivity index is 2.39. The second kappa shape index (κ2) is 2.98. The summed E-state index contributed by atoms with van der Waals surface area (Å²) in [6.07, 6.45) is -0.186. The van der Waals surface area contributed by atoms with E-state index >= 15 is 0 Å². The van der Waals surface area contributed by atoms with Crippen molar-refractivity contribution < 1.29 is 14.3 Å². The molecule has 1 fully saturated rings. The molecule has 4 nitrogen and oxygen atoms in total. The van der Waals surface area contributed by atoms with E-state index in [9.17, 15) is 4.79 Å². The molecule has 1 amide bonds. The van der Waals surface area contributed by atoms with Crippen LogP contribution in [0.4, 0.5) is 0 Å². The van der Waals surface area contributed by atoms with E-state index in [1.807, 2.05) is 0 Å². The third-order valence-electron chi connectivity index (χ3n) is 1.41. The van der Waals surface area contributed by atoms with Crippen LogP contribution in [0.25, 0.3) is 0 Å². The monoisotopic (exact) mass is 145 g/mol. The highest BCUT2D eigenvalue weighted by atomic mass is 16.7. The van der Waals surface area contributed by atoms with Gasteiger partial charge in [-0.25, -0.2) is 0 Å². The SMILES string of the molecule is CC1OCCC(C(N)=O)O1. The number of carbonyl (C=O) groups excluding carboxylic acids is 1. The molecule has 2 unspecified atom stereocenters. The average molecular weight is 145 g/mol. The Morgan fingerprint density at radius 1 is 1.70 bits per heavy atom. The van der Waals surface area contributed by atoms with Gasteiger partial charge in [-0.05, 0) is 6.92 Å². The van der Waals surface area contributed by atoms with E-state index in [2.05, 4.69) is 0 Å². The van der Waals surface area contributed by atoms with Crippen LogP contribution >= 0.6 is 0 Å². The van der Waals surface area contributed by atoms with Crippen molar-refractivity contribution >= 4 is 5.91 Å². The van der Waals surface area contributed by atoms with Gasteiger partial charge in [0.05, 0.1) is 6.61 Å². The normalized spacial score (nSPS) is 33.7. The van der Waals surface area contributed by atoms with Gasteiger partial charge in [0, 0.05) is 6.42 Å². The summed E-state index contributed by atoms with van der Waals surface area (Å²) in [6.45, 7) is 2.30. The summed E-state index contributed by atoms with van der Waals surface area (Å²) in [5.41, 5.74) is 5.01. The van der Waals surface area contributed by atoms with Crippen molar-refractivity contribution in [3.05, 3.63) is 0 Å². The van der Waals surface area contributed by atoms with Crippen molar-refractivity contribution in [2.24, 2.45) is 5.73 Å². The summed E-state index contributed by atoms with van der Waals surface area (Å²) in [5, 5.41) is 0. The fourth-order valence-corrected chi connectivity index (χ4v) is 0.889. The van der Waals surface area contributed by atoms with Gasteiger partial charge in [-0.2, -0.15) is 0 Å². The topological polar surface area (TPSA) is 61.5 Å². The predicted octanol–water partition coefficient (Wildman–Crippen LogP) is -0.377. The van der Waals surface area contributed by atoms with Gasteiger partial charge in [0.2, 0.25) is 5.91 Å². The van der Waals surface area contributed by atoms with Crippen molar-refractivity contribution in [2.75, 3.05) is 6.61 Å². The van der Waals surface area contributed by atoms with E-state index in [4.69, 9.17) is 15.2 Å². The van der Waals surface area contributed by atoms with Crippen LogP contribution in [0.15, 0.2) is 0 Å². The van der Waals surface area contributed by atoms with Crippen molar-refractivity contribution in [1.29, 1.82) is 0 Å². The molecule has 0 radical (unpaired) electrons. The number of nitrogens with two attached hydrogens (primary N) is 1. The molecule has 4 heteroatoms. The molecule has 58 valence electrons. The van der Waals surface area contributed by atoms with E-state index in [1.165, 1.54) is 0 Å². The minimum atomic E-state index is -0.455. The smallest absolute Gasteiger partial charge is 0.246 e. The number of ether oxygens (including phenoxy) is 2. The summed E-state index contributed by atoms with van der Waals surface area (Å²) < 4.78 is 10.1. The molecule has 2 N–H and O–H groups in total. The fourth-order valence-electron chi connectivity index (χ4n) is 0.889. The molecule has 1 saturated heterocycles. The van der Waals surface area contributed by atoms with Crippen molar-refractivity contribution in [2.45, 2.75) is 25.7 Å². The van der Waals surface area contributed by atoms with Gasteiger partial charge in [-0.1, -0.05) is 0 Å². The van der Waals surface area contributed by atoms with Crippen LogP contribution in [0.2, 0.25) is 0 Å². The van der Waals surface area contributed by atoms with Crippen LogP contribution in [0, 0.1) is 0 Å². The lowest BCUT2D eigenvalue weighted by Gasteiger charge is -2.25. The maximum Gasteiger partial charge on any atom is 0.246 e. The lowest BCUT2D eigenvalue weighted by molar-refractivity contribution is -0.202. The van der Waals surface area contributed by atoms with Crippen LogP contribution in [-0.4, -0.2) is 24.9 Å². The van der Waals surface area contributed by atoms with Crippen LogP contribution in [0.1, 0.15) is 13.3 Å². The first kappa shape index (κ1) is 7.50. The van der Waals surface area contributed by atoms with E-state index in [1.54, 1.807) is 6.92 Å². The Morgan fingerprint density at radius 2 is 2.40 bits per heavy atom. The molecular formula is C6H11NO3. The zero-order valence-electron chi connectivity index (χ0n) is 5.87. The second-order valence-electron chi connectivity index (χ2n) is 2.25. The molecular weight excluding hydrogens is 134 g/mol. The summed E-state index contributed by atoms with van der Waals surface area (Å²) in [5.74, 6) is -0.407. The zero-order chi connectivity index (χ0) is 7.56. The first-order valence-electron chi connectivity index (χ1n) is 3.26. The molecule has 0 bridgehead atoms. The Morgan fingerprint density at radius 3 is 2.80 bits per heavy atom. The maximum atomic E-state index is 10.5. The Hall–Kier alpha value is -0.610. The second-order valence-corrected chi connectivity index (χ2v) is 2.25. The Bertz CT molecular complexity index is 137. The van der Waals surface area contributed by atoms with E-state index in [0.29, 0.717) is 13.0 Å². The quantitative estimate of drug-likeness (QED) is 0.547. The standard InChI is InChI=1S/C6H11NO3/c1-4-9-3-2-5(10-4)6(7)8/h4-5H,2-3H2,1H3,(H2,7,8). The molecule has 1 aliphatic heterocycles. The highest BCUT2D eigenvalue weighted by Crippen LogP contribution is 2.10. The maximum absolute atomic E-state index is 10.5. The minimum Gasteiger partial charge on any atom is -0.367 e. The third-order valence-corrected chi connectivity index (χ3v) is 1.41. The van der Waals surface area contributed by atoms with Gasteiger partial charge in [-0.15, -0.1) is 0 Å². The van der Waals surface area contributed by atoms with Gasteiger partial charge in [0.1, 0.15) is 6.10 Å². The molecule has 10 heavy (non-hydrogen) atoms. The van der Waals surface area contributed by atoms with Gasteiger partial charge in [0.15, 0.2) is 6.29 Å². The summed E-state index contributed by atoms with van der Waals surface area (Å²) in [4.78, 5) is 10.5. The van der Waals surface area contributed by atoms with Gasteiger partial charge >= 0.3 is 0 Å². The van der Waals surface area contributed by atoms with Crippen LogP contribution in [0.3, 0.4) is 0 Å². The minimum absolute atomic E-state index is 0.300.